The van der Waals surface area contributed by atoms with E-state index in [0.29, 0.717) is 32.1 Å². The highest BCUT2D eigenvalue weighted by molar-refractivity contribution is 6.00. The normalized spacial score (nSPS) is 20.3. The quantitative estimate of drug-likeness (QED) is 0.816. The van der Waals surface area contributed by atoms with Gasteiger partial charge in [0.2, 0.25) is 17.8 Å². The van der Waals surface area contributed by atoms with Crippen molar-refractivity contribution in [3.63, 3.8) is 0 Å². The van der Waals surface area contributed by atoms with Gasteiger partial charge in [-0.15, -0.1) is 0 Å². The Morgan fingerprint density at radius 1 is 1.04 bits per heavy atom. The van der Waals surface area contributed by atoms with Crippen molar-refractivity contribution < 1.29 is 14.0 Å². The Balaban J connectivity index is 1.38. The van der Waals surface area contributed by atoms with Crippen LogP contribution in [-0.2, 0) is 9.59 Å². The van der Waals surface area contributed by atoms with E-state index in [1.165, 1.54) is 11.0 Å². The van der Waals surface area contributed by atoms with Gasteiger partial charge in [-0.2, -0.15) is 0 Å². The number of piperazine rings is 1. The van der Waals surface area contributed by atoms with Crippen molar-refractivity contribution in [3.8, 4) is 0 Å². The van der Waals surface area contributed by atoms with Crippen LogP contribution in [0.15, 0.2) is 42.7 Å². The molecule has 0 bridgehead atoms. The molecule has 2 saturated heterocycles. The van der Waals surface area contributed by atoms with Gasteiger partial charge in [-0.05, 0) is 18.2 Å². The lowest BCUT2D eigenvalue weighted by Crippen LogP contribution is -2.51. The fourth-order valence-electron chi connectivity index (χ4n) is 3.62. The monoisotopic (exact) mass is 369 g/mol. The van der Waals surface area contributed by atoms with Crippen molar-refractivity contribution >= 4 is 23.5 Å². The predicted molar refractivity (Wildman–Crippen MR) is 97.7 cm³/mol. The van der Waals surface area contributed by atoms with Gasteiger partial charge in [0.1, 0.15) is 5.82 Å². The van der Waals surface area contributed by atoms with Crippen molar-refractivity contribution in [2.45, 2.75) is 6.42 Å². The van der Waals surface area contributed by atoms with Crippen molar-refractivity contribution in [1.82, 2.24) is 14.9 Å². The third kappa shape index (κ3) is 3.47. The molecule has 140 valence electrons. The number of anilines is 2. The van der Waals surface area contributed by atoms with E-state index in [-0.39, 0.29) is 30.5 Å². The number of hydrogen-bond donors (Lipinski definition) is 0. The van der Waals surface area contributed by atoms with Gasteiger partial charge in [-0.25, -0.2) is 14.4 Å². The molecule has 8 heteroatoms. The third-order valence-corrected chi connectivity index (χ3v) is 5.04. The Morgan fingerprint density at radius 2 is 1.74 bits per heavy atom. The van der Waals surface area contributed by atoms with Crippen molar-refractivity contribution in [2.75, 3.05) is 42.5 Å². The maximum absolute atomic E-state index is 14.0. The Kier molecular flexibility index (Phi) is 4.70. The molecule has 0 saturated carbocycles. The molecule has 0 aliphatic carbocycles. The Bertz CT molecular complexity index is 839. The Labute approximate surface area is 156 Å². The van der Waals surface area contributed by atoms with E-state index in [0.717, 1.165) is 0 Å². The van der Waals surface area contributed by atoms with Crippen LogP contribution < -0.4 is 9.80 Å². The van der Waals surface area contributed by atoms with E-state index < -0.39 is 11.7 Å². The number of halogens is 1. The van der Waals surface area contributed by atoms with Gasteiger partial charge in [0.05, 0.1) is 11.6 Å². The standard InChI is InChI=1S/C19H20FN5O2/c20-15-4-1-2-5-16(15)25-13-14(12-17(25)26)18(27)23-8-10-24(11-9-23)19-21-6-3-7-22-19/h1-7,14H,8-13H2. The van der Waals surface area contributed by atoms with Gasteiger partial charge in [0.15, 0.2) is 0 Å². The first-order chi connectivity index (χ1) is 13.1. The van der Waals surface area contributed by atoms with Crippen LogP contribution in [0.2, 0.25) is 0 Å². The first kappa shape index (κ1) is 17.4. The lowest BCUT2D eigenvalue weighted by atomic mass is 10.1. The number of nitrogens with zero attached hydrogens (tertiary/aromatic N) is 5. The number of rotatable bonds is 3. The molecule has 2 aliphatic heterocycles. The van der Waals surface area contributed by atoms with Crippen LogP contribution in [0.1, 0.15) is 6.42 Å². The van der Waals surface area contributed by atoms with Crippen LogP contribution in [0.4, 0.5) is 16.0 Å². The molecule has 2 amide bonds. The number of aromatic nitrogens is 2. The summed E-state index contributed by atoms with van der Waals surface area (Å²) < 4.78 is 14.0. The molecular formula is C19H20FN5O2. The molecule has 7 nitrogen and oxygen atoms in total. The summed E-state index contributed by atoms with van der Waals surface area (Å²) in [6.45, 7) is 2.63. The summed E-state index contributed by atoms with van der Waals surface area (Å²) in [5.74, 6) is -0.482. The van der Waals surface area contributed by atoms with Gasteiger partial charge < -0.3 is 14.7 Å². The zero-order valence-electron chi connectivity index (χ0n) is 14.8. The average molecular weight is 369 g/mol. The van der Waals surface area contributed by atoms with Crippen LogP contribution in [0, 0.1) is 11.7 Å². The highest BCUT2D eigenvalue weighted by Gasteiger charge is 2.38. The van der Waals surface area contributed by atoms with Crippen molar-refractivity contribution in [1.29, 1.82) is 0 Å². The third-order valence-electron chi connectivity index (χ3n) is 5.04. The first-order valence-electron chi connectivity index (χ1n) is 8.99. The molecule has 1 unspecified atom stereocenters. The molecular weight excluding hydrogens is 349 g/mol. The minimum absolute atomic E-state index is 0.0455. The summed E-state index contributed by atoms with van der Waals surface area (Å²) in [6, 6.07) is 7.92. The minimum Gasteiger partial charge on any atom is -0.339 e. The summed E-state index contributed by atoms with van der Waals surface area (Å²) in [5.41, 5.74) is 0.240. The molecule has 0 spiro atoms. The minimum atomic E-state index is -0.449. The highest BCUT2D eigenvalue weighted by Crippen LogP contribution is 2.28. The number of para-hydroxylation sites is 1. The Hall–Kier alpha value is -3.03. The number of benzene rings is 1. The molecule has 4 rings (SSSR count). The largest absolute Gasteiger partial charge is 0.339 e. The van der Waals surface area contributed by atoms with Crippen LogP contribution in [0.3, 0.4) is 0 Å². The van der Waals surface area contributed by atoms with Gasteiger partial charge in [-0.1, -0.05) is 12.1 Å². The number of carbonyl (C=O) groups is 2. The molecule has 0 N–H and O–H groups in total. The van der Waals surface area contributed by atoms with E-state index in [2.05, 4.69) is 9.97 Å². The second-order valence-corrected chi connectivity index (χ2v) is 6.72. The van der Waals surface area contributed by atoms with E-state index in [1.807, 2.05) is 4.90 Å². The molecule has 27 heavy (non-hydrogen) atoms. The van der Waals surface area contributed by atoms with Crippen molar-refractivity contribution in [3.05, 3.63) is 48.5 Å². The molecule has 2 aromatic rings. The molecule has 3 heterocycles. The number of hydrogen-bond acceptors (Lipinski definition) is 5. The first-order valence-corrected chi connectivity index (χ1v) is 8.99. The van der Waals surface area contributed by atoms with E-state index >= 15 is 0 Å². The zero-order chi connectivity index (χ0) is 18.8. The van der Waals surface area contributed by atoms with Crippen LogP contribution >= 0.6 is 0 Å². The fourth-order valence-corrected chi connectivity index (χ4v) is 3.62. The molecule has 1 atom stereocenters. The maximum atomic E-state index is 14.0. The SMILES string of the molecule is O=C(C1CC(=O)N(c2ccccc2F)C1)N1CCN(c2ncccn2)CC1. The van der Waals surface area contributed by atoms with Gasteiger partial charge in [0, 0.05) is 51.5 Å². The van der Waals surface area contributed by atoms with E-state index in [4.69, 9.17) is 0 Å². The Morgan fingerprint density at radius 3 is 2.44 bits per heavy atom. The van der Waals surface area contributed by atoms with Crippen LogP contribution in [-0.4, -0.2) is 59.4 Å². The summed E-state index contributed by atoms with van der Waals surface area (Å²) in [7, 11) is 0. The zero-order valence-corrected chi connectivity index (χ0v) is 14.8. The van der Waals surface area contributed by atoms with Gasteiger partial charge in [0.25, 0.3) is 0 Å². The summed E-state index contributed by atoms with van der Waals surface area (Å²) in [6.07, 6.45) is 3.51. The second kappa shape index (κ2) is 7.30. The molecule has 0 radical (unpaired) electrons. The number of amides is 2. The maximum Gasteiger partial charge on any atom is 0.228 e. The lowest BCUT2D eigenvalue weighted by Gasteiger charge is -2.35. The molecule has 2 aliphatic rings. The molecule has 1 aromatic heterocycles. The summed E-state index contributed by atoms with van der Waals surface area (Å²) in [5, 5.41) is 0. The summed E-state index contributed by atoms with van der Waals surface area (Å²) >= 11 is 0. The lowest BCUT2D eigenvalue weighted by molar-refractivity contribution is -0.136. The van der Waals surface area contributed by atoms with Crippen LogP contribution in [0.5, 0.6) is 0 Å². The van der Waals surface area contributed by atoms with Crippen molar-refractivity contribution in [2.24, 2.45) is 5.92 Å². The van der Waals surface area contributed by atoms with Gasteiger partial charge >= 0.3 is 0 Å². The fraction of sp³-hybridized carbons (Fsp3) is 0.368. The number of carbonyl (C=O) groups excluding carboxylic acids is 2. The van der Waals surface area contributed by atoms with Gasteiger partial charge in [-0.3, -0.25) is 9.59 Å². The smallest absolute Gasteiger partial charge is 0.228 e. The van der Waals surface area contributed by atoms with E-state index in [1.54, 1.807) is 41.6 Å². The molecule has 1 aromatic carbocycles. The predicted octanol–water partition coefficient (Wildman–Crippen LogP) is 1.32. The van der Waals surface area contributed by atoms with E-state index in [9.17, 15) is 14.0 Å². The topological polar surface area (TPSA) is 69.6 Å². The average Bonchev–Trinajstić information content (AvgIpc) is 3.10. The summed E-state index contributed by atoms with van der Waals surface area (Å²) in [4.78, 5) is 38.8. The highest BCUT2D eigenvalue weighted by atomic mass is 19.1. The van der Waals surface area contributed by atoms with Crippen LogP contribution in [0.25, 0.3) is 0 Å². The second-order valence-electron chi connectivity index (χ2n) is 6.72. The molecule has 2 fully saturated rings.